The molecule has 19 heavy (non-hydrogen) atoms. The molecule has 2 atom stereocenters. The molecule has 4 nitrogen and oxygen atoms in total. The molecule has 3 rings (SSSR count). The minimum atomic E-state index is 0.590. The lowest BCUT2D eigenvalue weighted by atomic mass is 10.1. The van der Waals surface area contributed by atoms with Crippen molar-refractivity contribution in [1.29, 1.82) is 0 Å². The van der Waals surface area contributed by atoms with Crippen LogP contribution in [0.25, 0.3) is 0 Å². The van der Waals surface area contributed by atoms with E-state index in [1.807, 2.05) is 12.1 Å². The lowest BCUT2D eigenvalue weighted by Crippen LogP contribution is -2.39. The number of hydrogen-bond donors (Lipinski definition) is 1. The van der Waals surface area contributed by atoms with E-state index in [2.05, 4.69) is 10.2 Å². The van der Waals surface area contributed by atoms with Gasteiger partial charge in [0.1, 0.15) is 12.4 Å². The molecule has 2 fully saturated rings. The molecule has 0 aliphatic carbocycles. The molecule has 1 aromatic heterocycles. The van der Waals surface area contributed by atoms with Gasteiger partial charge in [-0.25, -0.2) is 0 Å². The van der Waals surface area contributed by atoms with Gasteiger partial charge >= 0.3 is 0 Å². The third kappa shape index (κ3) is 3.38. The van der Waals surface area contributed by atoms with Gasteiger partial charge in [0.2, 0.25) is 0 Å². The van der Waals surface area contributed by atoms with Gasteiger partial charge in [-0.2, -0.15) is 0 Å². The fraction of sp³-hybridized carbons (Fsp3) is 0.733. The number of nitrogens with one attached hydrogen (secondary N) is 1. The van der Waals surface area contributed by atoms with Crippen molar-refractivity contribution in [2.75, 3.05) is 26.2 Å². The van der Waals surface area contributed by atoms with Crippen LogP contribution in [0.5, 0.6) is 0 Å². The molecule has 1 N–H and O–H groups in total. The van der Waals surface area contributed by atoms with Crippen molar-refractivity contribution in [3.63, 3.8) is 0 Å². The molecular weight excluding hydrogens is 240 g/mol. The Morgan fingerprint density at radius 3 is 3.26 bits per heavy atom. The van der Waals surface area contributed by atoms with Gasteiger partial charge in [-0.3, -0.25) is 4.90 Å². The molecule has 4 heteroatoms. The SMILES string of the molecule is c1coc(COCCCNC2CCN3CCCC23)c1. The van der Waals surface area contributed by atoms with Gasteiger partial charge in [0.25, 0.3) is 0 Å². The van der Waals surface area contributed by atoms with Crippen molar-refractivity contribution in [2.45, 2.75) is 44.4 Å². The molecular formula is C15H24N2O2. The summed E-state index contributed by atoms with van der Waals surface area (Å²) in [5.41, 5.74) is 0. The summed E-state index contributed by atoms with van der Waals surface area (Å²) < 4.78 is 10.8. The van der Waals surface area contributed by atoms with Crippen molar-refractivity contribution >= 4 is 0 Å². The second-order valence-electron chi connectivity index (χ2n) is 5.58. The van der Waals surface area contributed by atoms with E-state index < -0.39 is 0 Å². The Labute approximate surface area is 115 Å². The van der Waals surface area contributed by atoms with E-state index in [4.69, 9.17) is 9.15 Å². The zero-order chi connectivity index (χ0) is 12.9. The summed E-state index contributed by atoms with van der Waals surface area (Å²) in [7, 11) is 0. The van der Waals surface area contributed by atoms with Gasteiger partial charge < -0.3 is 14.5 Å². The van der Waals surface area contributed by atoms with Gasteiger partial charge in [0, 0.05) is 25.2 Å². The van der Waals surface area contributed by atoms with E-state index in [0.717, 1.165) is 31.4 Å². The molecule has 2 aliphatic rings. The molecule has 0 radical (unpaired) electrons. The second-order valence-corrected chi connectivity index (χ2v) is 5.58. The van der Waals surface area contributed by atoms with Crippen LogP contribution in [0, 0.1) is 0 Å². The van der Waals surface area contributed by atoms with Crippen molar-refractivity contribution < 1.29 is 9.15 Å². The molecule has 0 spiro atoms. The van der Waals surface area contributed by atoms with Gasteiger partial charge in [-0.15, -0.1) is 0 Å². The average molecular weight is 264 g/mol. The zero-order valence-electron chi connectivity index (χ0n) is 11.5. The number of furan rings is 1. The number of ether oxygens (including phenoxy) is 1. The first-order valence-electron chi connectivity index (χ1n) is 7.51. The highest BCUT2D eigenvalue weighted by Gasteiger charge is 2.36. The molecule has 106 valence electrons. The lowest BCUT2D eigenvalue weighted by Gasteiger charge is -2.21. The zero-order valence-corrected chi connectivity index (χ0v) is 11.5. The maximum atomic E-state index is 5.59. The molecule has 1 aromatic rings. The molecule has 3 heterocycles. The fourth-order valence-electron chi connectivity index (χ4n) is 3.35. The Morgan fingerprint density at radius 2 is 2.37 bits per heavy atom. The first kappa shape index (κ1) is 13.2. The van der Waals surface area contributed by atoms with Crippen molar-refractivity contribution in [1.82, 2.24) is 10.2 Å². The fourth-order valence-corrected chi connectivity index (χ4v) is 3.35. The number of hydrogen-bond acceptors (Lipinski definition) is 4. The third-order valence-corrected chi connectivity index (χ3v) is 4.30. The molecule has 2 unspecified atom stereocenters. The Kier molecular flexibility index (Phi) is 4.53. The Morgan fingerprint density at radius 1 is 1.37 bits per heavy atom. The van der Waals surface area contributed by atoms with E-state index in [1.165, 1.54) is 32.4 Å². The van der Waals surface area contributed by atoms with Crippen LogP contribution in [0.15, 0.2) is 22.8 Å². The second kappa shape index (κ2) is 6.55. The average Bonchev–Trinajstić information content (AvgIpc) is 3.12. The number of nitrogens with zero attached hydrogens (tertiary/aromatic N) is 1. The molecule has 0 saturated carbocycles. The van der Waals surface area contributed by atoms with Crippen LogP contribution in [0.3, 0.4) is 0 Å². The molecule has 2 saturated heterocycles. The quantitative estimate of drug-likeness (QED) is 0.765. The third-order valence-electron chi connectivity index (χ3n) is 4.30. The monoisotopic (exact) mass is 264 g/mol. The summed E-state index contributed by atoms with van der Waals surface area (Å²) in [6.45, 7) is 5.06. The Hall–Kier alpha value is -0.840. The van der Waals surface area contributed by atoms with Crippen LogP contribution < -0.4 is 5.32 Å². The molecule has 0 bridgehead atoms. The van der Waals surface area contributed by atoms with Crippen LogP contribution in [-0.2, 0) is 11.3 Å². The van der Waals surface area contributed by atoms with E-state index in [9.17, 15) is 0 Å². The standard InChI is InChI=1S/C15H24N2O2/c1-5-15-14(6-9-17(15)8-1)16-7-3-10-18-12-13-4-2-11-19-13/h2,4,11,14-16H,1,3,5-10,12H2. The highest BCUT2D eigenvalue weighted by molar-refractivity contribution is 4.96. The lowest BCUT2D eigenvalue weighted by molar-refractivity contribution is 0.103. The minimum Gasteiger partial charge on any atom is -0.467 e. The van der Waals surface area contributed by atoms with E-state index in [0.29, 0.717) is 12.6 Å². The van der Waals surface area contributed by atoms with Crippen LogP contribution in [0.2, 0.25) is 0 Å². The normalized spacial score (nSPS) is 26.9. The maximum absolute atomic E-state index is 5.59. The van der Waals surface area contributed by atoms with Gasteiger partial charge in [0.15, 0.2) is 0 Å². The van der Waals surface area contributed by atoms with E-state index in [-0.39, 0.29) is 0 Å². The van der Waals surface area contributed by atoms with Crippen LogP contribution >= 0.6 is 0 Å². The Bertz CT molecular complexity index is 366. The van der Waals surface area contributed by atoms with Gasteiger partial charge in [-0.1, -0.05) is 0 Å². The van der Waals surface area contributed by atoms with Crippen molar-refractivity contribution in [3.8, 4) is 0 Å². The van der Waals surface area contributed by atoms with Crippen LogP contribution in [0.4, 0.5) is 0 Å². The number of rotatable bonds is 7. The predicted octanol–water partition coefficient (Wildman–Crippen LogP) is 2.01. The van der Waals surface area contributed by atoms with Crippen LogP contribution in [0.1, 0.15) is 31.4 Å². The Balaban J connectivity index is 1.25. The minimum absolute atomic E-state index is 0.590. The van der Waals surface area contributed by atoms with Gasteiger partial charge in [-0.05, 0) is 50.9 Å². The smallest absolute Gasteiger partial charge is 0.129 e. The van der Waals surface area contributed by atoms with Gasteiger partial charge in [0.05, 0.1) is 6.26 Å². The topological polar surface area (TPSA) is 37.6 Å². The molecule has 0 amide bonds. The number of fused-ring (bicyclic) bond motifs is 1. The predicted molar refractivity (Wildman–Crippen MR) is 74.0 cm³/mol. The summed E-state index contributed by atoms with van der Waals surface area (Å²) in [5.74, 6) is 0.908. The van der Waals surface area contributed by atoms with Crippen molar-refractivity contribution in [2.24, 2.45) is 0 Å². The summed E-state index contributed by atoms with van der Waals surface area (Å²) in [6.07, 6.45) is 6.84. The summed E-state index contributed by atoms with van der Waals surface area (Å²) in [6, 6.07) is 5.37. The molecule has 2 aliphatic heterocycles. The first-order valence-corrected chi connectivity index (χ1v) is 7.51. The molecule has 0 aromatic carbocycles. The van der Waals surface area contributed by atoms with Crippen molar-refractivity contribution in [3.05, 3.63) is 24.2 Å². The maximum Gasteiger partial charge on any atom is 0.129 e. The highest BCUT2D eigenvalue weighted by atomic mass is 16.5. The highest BCUT2D eigenvalue weighted by Crippen LogP contribution is 2.27. The summed E-state index contributed by atoms with van der Waals surface area (Å²) in [4.78, 5) is 2.64. The largest absolute Gasteiger partial charge is 0.467 e. The summed E-state index contributed by atoms with van der Waals surface area (Å²) >= 11 is 0. The summed E-state index contributed by atoms with van der Waals surface area (Å²) in [5, 5.41) is 3.70. The van der Waals surface area contributed by atoms with E-state index >= 15 is 0 Å². The van der Waals surface area contributed by atoms with Crippen LogP contribution in [-0.4, -0.2) is 43.2 Å². The van der Waals surface area contributed by atoms with E-state index in [1.54, 1.807) is 6.26 Å². The first-order chi connectivity index (χ1) is 9.43.